The van der Waals surface area contributed by atoms with Crippen molar-refractivity contribution in [3.63, 3.8) is 0 Å². The van der Waals surface area contributed by atoms with Gasteiger partial charge in [-0.2, -0.15) is 0 Å². The first-order chi connectivity index (χ1) is 12.4. The van der Waals surface area contributed by atoms with Gasteiger partial charge in [0, 0.05) is 24.4 Å². The molecule has 1 heterocycles. The highest BCUT2D eigenvalue weighted by Gasteiger charge is 2.28. The molecule has 1 aromatic heterocycles. The fraction of sp³-hybridized carbons (Fsp3) is 0.150. The van der Waals surface area contributed by atoms with Gasteiger partial charge in [0.05, 0.1) is 0 Å². The van der Waals surface area contributed by atoms with Gasteiger partial charge in [-0.1, -0.05) is 48.5 Å². The second kappa shape index (κ2) is 7.17. The summed E-state index contributed by atoms with van der Waals surface area (Å²) in [6.45, 7) is 1.63. The van der Waals surface area contributed by atoms with Crippen LogP contribution >= 0.6 is 0 Å². The Morgan fingerprint density at radius 3 is 2.31 bits per heavy atom. The number of rotatable bonds is 6. The normalized spacial score (nSPS) is 12.5. The van der Waals surface area contributed by atoms with E-state index in [1.807, 2.05) is 6.07 Å². The number of ketones is 1. The van der Waals surface area contributed by atoms with E-state index in [9.17, 15) is 13.2 Å². The van der Waals surface area contributed by atoms with Crippen molar-refractivity contribution in [1.29, 1.82) is 0 Å². The van der Waals surface area contributed by atoms with Crippen molar-refractivity contribution in [3.05, 3.63) is 89.6 Å². The van der Waals surface area contributed by atoms with E-state index in [1.165, 1.54) is 11.4 Å². The van der Waals surface area contributed by atoms with E-state index >= 15 is 0 Å². The van der Waals surface area contributed by atoms with Crippen LogP contribution in [0.1, 0.15) is 33.7 Å². The first-order valence-corrected chi connectivity index (χ1v) is 9.72. The van der Waals surface area contributed by atoms with Crippen LogP contribution in [0, 0.1) is 0 Å². The molecule has 0 radical (unpaired) electrons. The Morgan fingerprint density at radius 2 is 1.65 bits per heavy atom. The summed E-state index contributed by atoms with van der Waals surface area (Å²) in [5.41, 5.74) is 1.62. The largest absolute Gasteiger partial charge is 0.348 e. The van der Waals surface area contributed by atoms with E-state index in [2.05, 4.69) is 4.98 Å². The lowest BCUT2D eigenvalue weighted by Crippen LogP contribution is -2.30. The van der Waals surface area contributed by atoms with Crippen LogP contribution in [-0.2, 0) is 10.0 Å². The Bertz CT molecular complexity index is 997. The van der Waals surface area contributed by atoms with Gasteiger partial charge < -0.3 is 4.98 Å². The van der Waals surface area contributed by atoms with Crippen LogP contribution < -0.4 is 4.31 Å². The number of sulfonamides is 1. The maximum absolute atomic E-state index is 12.9. The monoisotopic (exact) mass is 368 g/mol. The van der Waals surface area contributed by atoms with Crippen LogP contribution in [-0.4, -0.2) is 26.2 Å². The number of nitrogens with zero attached hydrogens (tertiary/aromatic N) is 1. The second-order valence-electron chi connectivity index (χ2n) is 6.03. The molecular formula is C20H20N2O3S. The zero-order chi connectivity index (χ0) is 18.7. The Hall–Kier alpha value is -2.86. The number of H-pyrrole nitrogens is 1. The molecule has 0 saturated carbocycles. The number of aromatic nitrogens is 1. The maximum Gasteiger partial charge on any atom is 0.242 e. The smallest absolute Gasteiger partial charge is 0.242 e. The van der Waals surface area contributed by atoms with Crippen molar-refractivity contribution >= 4 is 21.6 Å². The zero-order valence-corrected chi connectivity index (χ0v) is 15.4. The minimum absolute atomic E-state index is 0.130. The van der Waals surface area contributed by atoms with E-state index in [0.717, 1.165) is 0 Å². The molecule has 5 nitrogen and oxygen atoms in total. The molecule has 3 aromatic rings. The molecule has 6 heteroatoms. The van der Waals surface area contributed by atoms with E-state index in [0.29, 0.717) is 22.5 Å². The lowest BCUT2D eigenvalue weighted by Gasteiger charge is -2.23. The van der Waals surface area contributed by atoms with Gasteiger partial charge in [0.15, 0.2) is 5.78 Å². The van der Waals surface area contributed by atoms with E-state index in [-0.39, 0.29) is 5.78 Å². The lowest BCUT2D eigenvalue weighted by molar-refractivity contribution is 0.103. The number of nitrogens with one attached hydrogen (secondary N) is 1. The van der Waals surface area contributed by atoms with Gasteiger partial charge in [-0.25, -0.2) is 8.42 Å². The first-order valence-electron chi connectivity index (χ1n) is 8.22. The Labute approximate surface area is 153 Å². The van der Waals surface area contributed by atoms with Gasteiger partial charge >= 0.3 is 0 Å². The van der Waals surface area contributed by atoms with Gasteiger partial charge in [-0.3, -0.25) is 9.10 Å². The number of carbonyl (C=O) groups is 1. The molecule has 2 aromatic carbocycles. The molecule has 0 saturated heterocycles. The molecule has 3 rings (SSSR count). The van der Waals surface area contributed by atoms with Crippen LogP contribution in [0.25, 0.3) is 0 Å². The van der Waals surface area contributed by atoms with Gasteiger partial charge in [0.1, 0.15) is 11.1 Å². The summed E-state index contributed by atoms with van der Waals surface area (Å²) in [7, 11) is -2.12. The van der Waals surface area contributed by atoms with Gasteiger partial charge in [-0.05, 0) is 30.7 Å². The minimum atomic E-state index is -3.63. The molecule has 0 bridgehead atoms. The SMILES string of the molecule is CC(c1cccc(C(=O)c2ccccc2)c1)S(=O)(=O)N(C)c1ccc[nH]1. The summed E-state index contributed by atoms with van der Waals surface area (Å²) in [6, 6.07) is 19.2. The predicted molar refractivity (Wildman–Crippen MR) is 103 cm³/mol. The quantitative estimate of drug-likeness (QED) is 0.673. The highest BCUT2D eigenvalue weighted by molar-refractivity contribution is 7.93. The van der Waals surface area contributed by atoms with Crippen molar-refractivity contribution in [2.24, 2.45) is 0 Å². The average Bonchev–Trinajstić information content (AvgIpc) is 3.21. The molecular weight excluding hydrogens is 348 g/mol. The Balaban J connectivity index is 1.91. The van der Waals surface area contributed by atoms with Gasteiger partial charge in [-0.15, -0.1) is 0 Å². The minimum Gasteiger partial charge on any atom is -0.348 e. The zero-order valence-electron chi connectivity index (χ0n) is 14.6. The molecule has 134 valence electrons. The highest BCUT2D eigenvalue weighted by Crippen LogP contribution is 2.28. The van der Waals surface area contributed by atoms with Gasteiger partial charge in [0.25, 0.3) is 0 Å². The number of hydrogen-bond acceptors (Lipinski definition) is 3. The summed E-state index contributed by atoms with van der Waals surface area (Å²) >= 11 is 0. The summed E-state index contributed by atoms with van der Waals surface area (Å²) in [5.74, 6) is 0.364. The van der Waals surface area contributed by atoms with Crippen LogP contribution in [0.5, 0.6) is 0 Å². The molecule has 0 fully saturated rings. The predicted octanol–water partition coefficient (Wildman–Crippen LogP) is 3.77. The topological polar surface area (TPSA) is 70.2 Å². The molecule has 0 aliphatic heterocycles. The molecule has 1 unspecified atom stereocenters. The van der Waals surface area contributed by atoms with Crippen molar-refractivity contribution in [2.75, 3.05) is 11.4 Å². The summed E-state index contributed by atoms with van der Waals surface area (Å²) in [5, 5.41) is -0.792. The summed E-state index contributed by atoms with van der Waals surface area (Å²) in [4.78, 5) is 15.5. The average molecular weight is 368 g/mol. The molecule has 1 atom stereocenters. The van der Waals surface area contributed by atoms with Crippen LogP contribution in [0.4, 0.5) is 5.82 Å². The number of benzene rings is 2. The molecule has 26 heavy (non-hydrogen) atoms. The summed E-state index contributed by atoms with van der Waals surface area (Å²) < 4.78 is 27.0. The fourth-order valence-electron chi connectivity index (χ4n) is 2.75. The van der Waals surface area contributed by atoms with E-state index in [1.54, 1.807) is 73.8 Å². The van der Waals surface area contributed by atoms with Crippen LogP contribution in [0.3, 0.4) is 0 Å². The number of aromatic amines is 1. The number of anilines is 1. The lowest BCUT2D eigenvalue weighted by atomic mass is 10.0. The highest BCUT2D eigenvalue weighted by atomic mass is 32.2. The van der Waals surface area contributed by atoms with Crippen molar-refractivity contribution in [3.8, 4) is 0 Å². The molecule has 1 N–H and O–H groups in total. The van der Waals surface area contributed by atoms with Crippen LogP contribution in [0.15, 0.2) is 72.9 Å². The van der Waals surface area contributed by atoms with E-state index < -0.39 is 15.3 Å². The molecule has 0 aliphatic rings. The Morgan fingerprint density at radius 1 is 0.962 bits per heavy atom. The standard InChI is InChI=1S/C20H20N2O3S/c1-15(26(24,25)22(2)19-12-7-13-21-19)17-10-6-11-18(14-17)20(23)16-8-4-3-5-9-16/h3-15,21H,1-2H3. The molecule has 0 aliphatic carbocycles. The number of hydrogen-bond donors (Lipinski definition) is 1. The Kier molecular flexibility index (Phi) is 4.95. The van der Waals surface area contributed by atoms with Crippen LogP contribution in [0.2, 0.25) is 0 Å². The molecule has 0 spiro atoms. The van der Waals surface area contributed by atoms with Crippen molar-refractivity contribution < 1.29 is 13.2 Å². The number of carbonyl (C=O) groups excluding carboxylic acids is 1. The summed E-state index contributed by atoms with van der Waals surface area (Å²) in [6.07, 6.45) is 1.67. The van der Waals surface area contributed by atoms with Crippen molar-refractivity contribution in [2.45, 2.75) is 12.2 Å². The third-order valence-electron chi connectivity index (χ3n) is 4.40. The fourth-order valence-corrected chi connectivity index (χ4v) is 4.10. The maximum atomic E-state index is 12.9. The van der Waals surface area contributed by atoms with E-state index in [4.69, 9.17) is 0 Å². The second-order valence-corrected chi connectivity index (χ2v) is 8.32. The third-order valence-corrected chi connectivity index (χ3v) is 6.53. The first kappa shape index (κ1) is 17.9. The third kappa shape index (κ3) is 3.41. The van der Waals surface area contributed by atoms with Gasteiger partial charge in [0.2, 0.25) is 10.0 Å². The van der Waals surface area contributed by atoms with Crippen molar-refractivity contribution in [1.82, 2.24) is 4.98 Å². The molecule has 0 amide bonds.